The summed E-state index contributed by atoms with van der Waals surface area (Å²) in [4.78, 5) is 15.0. The molecule has 0 aromatic heterocycles. The number of nitrogens with zero attached hydrogens (tertiary/aromatic N) is 1. The van der Waals surface area contributed by atoms with Gasteiger partial charge in [0, 0.05) is 32.1 Å². The van der Waals surface area contributed by atoms with Gasteiger partial charge in [0.25, 0.3) is 0 Å². The molecule has 3 fully saturated rings. The van der Waals surface area contributed by atoms with Crippen LogP contribution in [0.4, 0.5) is 0 Å². The molecule has 142 valence electrons. The molecule has 0 bridgehead atoms. The lowest BCUT2D eigenvalue weighted by atomic mass is 9.92. The number of aliphatic hydroxyl groups excluding tert-OH is 1. The minimum atomic E-state index is -0.137. The van der Waals surface area contributed by atoms with Crippen molar-refractivity contribution < 1.29 is 9.90 Å². The van der Waals surface area contributed by atoms with E-state index in [1.807, 2.05) is 0 Å². The number of piperidine rings is 2. The molecule has 1 spiro atoms. The van der Waals surface area contributed by atoms with E-state index < -0.39 is 0 Å². The first-order valence-corrected chi connectivity index (χ1v) is 10.1. The summed E-state index contributed by atoms with van der Waals surface area (Å²) in [5.41, 5.74) is 2.80. The highest BCUT2D eigenvalue weighted by atomic mass is 16.3. The molecule has 1 aromatic rings. The number of nitrogens with one attached hydrogen (secondary N) is 2. The van der Waals surface area contributed by atoms with Gasteiger partial charge in [0.05, 0.1) is 6.10 Å². The van der Waals surface area contributed by atoms with Crippen LogP contribution in [0.2, 0.25) is 0 Å². The summed E-state index contributed by atoms with van der Waals surface area (Å²) in [5.74, 6) is 0.461. The van der Waals surface area contributed by atoms with Gasteiger partial charge in [0.15, 0.2) is 0 Å². The summed E-state index contributed by atoms with van der Waals surface area (Å²) < 4.78 is 0. The second kappa shape index (κ2) is 7.67. The lowest BCUT2D eigenvalue weighted by Crippen LogP contribution is -2.36. The standard InChI is InChI=1S/C21H31N3O2/c25-18-5-11-24(12-6-18)15-17-4-2-1-3-16(17)14-23-20(26)19-13-21(19)7-9-22-10-8-21/h1-4,18-19,22,25H,5-15H2,(H,23,26)/t19-/m0/s1. The van der Waals surface area contributed by atoms with Crippen LogP contribution in [-0.2, 0) is 17.9 Å². The lowest BCUT2D eigenvalue weighted by Gasteiger charge is -2.30. The first-order chi connectivity index (χ1) is 12.7. The summed E-state index contributed by atoms with van der Waals surface area (Å²) >= 11 is 0. The summed E-state index contributed by atoms with van der Waals surface area (Å²) in [6.07, 6.45) is 4.93. The SMILES string of the molecule is O=C(NCc1ccccc1CN1CCC(O)CC1)[C@@H]1CC12CCNCC2. The topological polar surface area (TPSA) is 64.6 Å². The van der Waals surface area contributed by atoms with E-state index >= 15 is 0 Å². The zero-order valence-electron chi connectivity index (χ0n) is 15.5. The lowest BCUT2D eigenvalue weighted by molar-refractivity contribution is -0.123. The number of carbonyl (C=O) groups is 1. The highest BCUT2D eigenvalue weighted by Gasteiger charge is 2.57. The summed E-state index contributed by atoms with van der Waals surface area (Å²) in [6, 6.07) is 8.42. The highest BCUT2D eigenvalue weighted by Crippen LogP contribution is 2.58. The number of amides is 1. The summed E-state index contributed by atoms with van der Waals surface area (Å²) in [5, 5.41) is 16.3. The fraction of sp³-hybridized carbons (Fsp3) is 0.667. The van der Waals surface area contributed by atoms with Crippen molar-refractivity contribution in [2.24, 2.45) is 11.3 Å². The van der Waals surface area contributed by atoms with E-state index in [1.54, 1.807) is 0 Å². The molecule has 2 aliphatic heterocycles. The Labute approximate surface area is 156 Å². The molecule has 1 atom stereocenters. The zero-order chi connectivity index (χ0) is 18.0. The van der Waals surface area contributed by atoms with Crippen molar-refractivity contribution in [1.82, 2.24) is 15.5 Å². The third-order valence-corrected chi connectivity index (χ3v) is 6.63. The molecule has 1 aromatic carbocycles. The van der Waals surface area contributed by atoms with E-state index in [1.165, 1.54) is 11.1 Å². The smallest absolute Gasteiger partial charge is 0.223 e. The van der Waals surface area contributed by atoms with Crippen LogP contribution in [0.5, 0.6) is 0 Å². The molecule has 4 rings (SSSR count). The van der Waals surface area contributed by atoms with E-state index in [0.29, 0.717) is 12.0 Å². The number of aliphatic hydroxyl groups is 1. The van der Waals surface area contributed by atoms with Gasteiger partial charge < -0.3 is 15.7 Å². The van der Waals surface area contributed by atoms with Crippen molar-refractivity contribution in [3.63, 3.8) is 0 Å². The second-order valence-electron chi connectivity index (χ2n) is 8.36. The van der Waals surface area contributed by atoms with Gasteiger partial charge in [-0.2, -0.15) is 0 Å². The number of carbonyl (C=O) groups excluding carboxylic acids is 1. The van der Waals surface area contributed by atoms with Crippen LogP contribution in [0.1, 0.15) is 43.2 Å². The van der Waals surface area contributed by atoms with Gasteiger partial charge in [-0.1, -0.05) is 24.3 Å². The molecule has 26 heavy (non-hydrogen) atoms. The molecule has 0 unspecified atom stereocenters. The molecular formula is C21H31N3O2. The Morgan fingerprint density at radius 1 is 1.19 bits per heavy atom. The van der Waals surface area contributed by atoms with Crippen LogP contribution in [0.15, 0.2) is 24.3 Å². The molecule has 2 heterocycles. The van der Waals surface area contributed by atoms with Crippen LogP contribution in [0, 0.1) is 11.3 Å². The van der Waals surface area contributed by atoms with Crippen molar-refractivity contribution in [3.05, 3.63) is 35.4 Å². The average Bonchev–Trinajstić information content (AvgIpc) is 3.36. The normalized spacial score (nSPS) is 26.0. The van der Waals surface area contributed by atoms with Gasteiger partial charge in [0.2, 0.25) is 5.91 Å². The summed E-state index contributed by atoms with van der Waals surface area (Å²) in [7, 11) is 0. The Morgan fingerprint density at radius 3 is 2.62 bits per heavy atom. The van der Waals surface area contributed by atoms with Gasteiger partial charge in [-0.05, 0) is 61.7 Å². The van der Waals surface area contributed by atoms with Crippen molar-refractivity contribution in [3.8, 4) is 0 Å². The van der Waals surface area contributed by atoms with Crippen molar-refractivity contribution in [2.45, 2.75) is 51.3 Å². The van der Waals surface area contributed by atoms with E-state index in [9.17, 15) is 9.90 Å². The average molecular weight is 357 g/mol. The zero-order valence-corrected chi connectivity index (χ0v) is 15.5. The van der Waals surface area contributed by atoms with Gasteiger partial charge in [0.1, 0.15) is 0 Å². The monoisotopic (exact) mass is 357 g/mol. The fourth-order valence-corrected chi connectivity index (χ4v) is 4.70. The number of likely N-dealkylation sites (tertiary alicyclic amines) is 1. The molecule has 3 aliphatic rings. The maximum absolute atomic E-state index is 12.6. The molecule has 5 heteroatoms. The van der Waals surface area contributed by atoms with Crippen molar-refractivity contribution >= 4 is 5.91 Å². The van der Waals surface area contributed by atoms with Crippen LogP contribution in [-0.4, -0.2) is 48.2 Å². The molecule has 1 aliphatic carbocycles. The quantitative estimate of drug-likeness (QED) is 0.750. The van der Waals surface area contributed by atoms with Crippen LogP contribution in [0.25, 0.3) is 0 Å². The number of hydrogen-bond donors (Lipinski definition) is 3. The first kappa shape index (κ1) is 18.0. The maximum Gasteiger partial charge on any atom is 0.223 e. The molecule has 2 saturated heterocycles. The molecule has 1 saturated carbocycles. The predicted octanol–water partition coefficient (Wildman–Crippen LogP) is 1.65. The third kappa shape index (κ3) is 3.95. The predicted molar refractivity (Wildman–Crippen MR) is 101 cm³/mol. The van der Waals surface area contributed by atoms with Crippen molar-refractivity contribution in [1.29, 1.82) is 0 Å². The Morgan fingerprint density at radius 2 is 1.88 bits per heavy atom. The van der Waals surface area contributed by atoms with Gasteiger partial charge in [-0.25, -0.2) is 0 Å². The van der Waals surface area contributed by atoms with Crippen LogP contribution < -0.4 is 10.6 Å². The minimum Gasteiger partial charge on any atom is -0.393 e. The fourth-order valence-electron chi connectivity index (χ4n) is 4.70. The Bertz CT molecular complexity index is 634. The number of rotatable bonds is 5. The minimum absolute atomic E-state index is 0.137. The second-order valence-corrected chi connectivity index (χ2v) is 8.36. The Kier molecular flexibility index (Phi) is 5.30. The first-order valence-electron chi connectivity index (χ1n) is 10.1. The number of hydrogen-bond acceptors (Lipinski definition) is 4. The van der Waals surface area contributed by atoms with E-state index in [2.05, 4.69) is 39.8 Å². The van der Waals surface area contributed by atoms with E-state index in [4.69, 9.17) is 0 Å². The van der Waals surface area contributed by atoms with E-state index in [0.717, 1.165) is 64.8 Å². The molecule has 3 N–H and O–H groups in total. The Balaban J connectivity index is 1.31. The molecular weight excluding hydrogens is 326 g/mol. The van der Waals surface area contributed by atoms with E-state index in [-0.39, 0.29) is 17.9 Å². The highest BCUT2D eigenvalue weighted by molar-refractivity contribution is 5.82. The van der Waals surface area contributed by atoms with Crippen LogP contribution >= 0.6 is 0 Å². The molecule has 1 amide bonds. The van der Waals surface area contributed by atoms with Crippen LogP contribution in [0.3, 0.4) is 0 Å². The van der Waals surface area contributed by atoms with Gasteiger partial charge in [-0.3, -0.25) is 9.69 Å². The Hall–Kier alpha value is -1.43. The number of benzene rings is 1. The largest absolute Gasteiger partial charge is 0.393 e. The summed E-state index contributed by atoms with van der Waals surface area (Å²) in [6.45, 7) is 5.52. The van der Waals surface area contributed by atoms with Gasteiger partial charge in [-0.15, -0.1) is 0 Å². The molecule has 0 radical (unpaired) electrons. The maximum atomic E-state index is 12.6. The third-order valence-electron chi connectivity index (χ3n) is 6.63. The van der Waals surface area contributed by atoms with Gasteiger partial charge >= 0.3 is 0 Å². The molecule has 5 nitrogen and oxygen atoms in total. The van der Waals surface area contributed by atoms with Crippen molar-refractivity contribution in [2.75, 3.05) is 26.2 Å².